The predicted octanol–water partition coefficient (Wildman–Crippen LogP) is 2.17. The highest BCUT2D eigenvalue weighted by Crippen LogP contribution is 2.20. The molecule has 0 bridgehead atoms. The topological polar surface area (TPSA) is 92.3 Å². The SMILES string of the molecule is CC(C)COc1ccc(-c2cc(C(=O)O)c(=O)[nH]n2)cc1. The van der Waals surface area contributed by atoms with Crippen molar-refractivity contribution in [1.29, 1.82) is 0 Å². The zero-order valence-corrected chi connectivity index (χ0v) is 11.8. The largest absolute Gasteiger partial charge is 0.493 e. The van der Waals surface area contributed by atoms with Gasteiger partial charge in [0.25, 0.3) is 5.56 Å². The molecule has 6 heteroatoms. The van der Waals surface area contributed by atoms with Crippen LogP contribution in [0.4, 0.5) is 0 Å². The maximum Gasteiger partial charge on any atom is 0.341 e. The summed E-state index contributed by atoms with van der Waals surface area (Å²) < 4.78 is 5.57. The molecular formula is C15H16N2O4. The first-order valence-electron chi connectivity index (χ1n) is 6.53. The van der Waals surface area contributed by atoms with Gasteiger partial charge in [0.1, 0.15) is 11.3 Å². The molecule has 1 aromatic carbocycles. The van der Waals surface area contributed by atoms with Gasteiger partial charge in [-0.05, 0) is 36.2 Å². The van der Waals surface area contributed by atoms with Crippen LogP contribution in [0.1, 0.15) is 24.2 Å². The Balaban J connectivity index is 2.24. The lowest BCUT2D eigenvalue weighted by atomic mass is 10.1. The number of hydrogen-bond acceptors (Lipinski definition) is 4. The first-order chi connectivity index (χ1) is 9.97. The van der Waals surface area contributed by atoms with Gasteiger partial charge in [-0.3, -0.25) is 4.79 Å². The average Bonchev–Trinajstić information content (AvgIpc) is 2.46. The first-order valence-corrected chi connectivity index (χ1v) is 6.53. The van der Waals surface area contributed by atoms with E-state index in [-0.39, 0.29) is 5.56 Å². The Labute approximate surface area is 121 Å². The first kappa shape index (κ1) is 14.8. The molecule has 1 aromatic heterocycles. The van der Waals surface area contributed by atoms with Gasteiger partial charge in [-0.25, -0.2) is 9.89 Å². The zero-order valence-electron chi connectivity index (χ0n) is 11.8. The van der Waals surface area contributed by atoms with Gasteiger partial charge in [-0.2, -0.15) is 5.10 Å². The molecule has 21 heavy (non-hydrogen) atoms. The van der Waals surface area contributed by atoms with Crippen molar-refractivity contribution in [2.75, 3.05) is 6.61 Å². The second kappa shape index (κ2) is 6.21. The molecular weight excluding hydrogens is 272 g/mol. The number of nitrogens with zero attached hydrogens (tertiary/aromatic N) is 1. The second-order valence-electron chi connectivity index (χ2n) is 5.03. The minimum Gasteiger partial charge on any atom is -0.493 e. The van der Waals surface area contributed by atoms with Crippen molar-refractivity contribution in [3.05, 3.63) is 46.2 Å². The average molecular weight is 288 g/mol. The molecule has 0 unspecified atom stereocenters. The van der Waals surface area contributed by atoms with Crippen LogP contribution in [0.3, 0.4) is 0 Å². The van der Waals surface area contributed by atoms with Crippen molar-refractivity contribution in [2.24, 2.45) is 5.92 Å². The summed E-state index contributed by atoms with van der Waals surface area (Å²) in [5.74, 6) is -0.115. The Morgan fingerprint density at radius 2 is 2.00 bits per heavy atom. The second-order valence-corrected chi connectivity index (χ2v) is 5.03. The van der Waals surface area contributed by atoms with E-state index < -0.39 is 11.5 Å². The number of ether oxygens (including phenoxy) is 1. The molecule has 110 valence electrons. The number of rotatable bonds is 5. The van der Waals surface area contributed by atoms with Crippen molar-refractivity contribution >= 4 is 5.97 Å². The third-order valence-corrected chi connectivity index (χ3v) is 2.77. The molecule has 0 aliphatic carbocycles. The van der Waals surface area contributed by atoms with E-state index >= 15 is 0 Å². The summed E-state index contributed by atoms with van der Waals surface area (Å²) in [4.78, 5) is 22.3. The van der Waals surface area contributed by atoms with Crippen LogP contribution >= 0.6 is 0 Å². The van der Waals surface area contributed by atoms with Crippen LogP contribution in [0.25, 0.3) is 11.3 Å². The Bertz CT molecular complexity index is 690. The maximum absolute atomic E-state index is 11.3. The van der Waals surface area contributed by atoms with Crippen LogP contribution in [0.15, 0.2) is 35.1 Å². The summed E-state index contributed by atoms with van der Waals surface area (Å²) in [6, 6.07) is 8.35. The van der Waals surface area contributed by atoms with Crippen molar-refractivity contribution in [3.8, 4) is 17.0 Å². The summed E-state index contributed by atoms with van der Waals surface area (Å²) >= 11 is 0. The Hall–Kier alpha value is -2.63. The summed E-state index contributed by atoms with van der Waals surface area (Å²) in [5, 5.41) is 15.0. The van der Waals surface area contributed by atoms with E-state index in [0.717, 1.165) is 5.75 Å². The van der Waals surface area contributed by atoms with Gasteiger partial charge >= 0.3 is 5.97 Å². The molecule has 0 aliphatic heterocycles. The molecule has 2 N–H and O–H groups in total. The van der Waals surface area contributed by atoms with Gasteiger partial charge in [0.15, 0.2) is 0 Å². The molecule has 2 rings (SSSR count). The number of aromatic amines is 1. The van der Waals surface area contributed by atoms with E-state index in [1.807, 2.05) is 0 Å². The number of carboxylic acid groups (broad SMARTS) is 1. The van der Waals surface area contributed by atoms with Gasteiger partial charge in [-0.15, -0.1) is 0 Å². The highest BCUT2D eigenvalue weighted by atomic mass is 16.5. The maximum atomic E-state index is 11.3. The lowest BCUT2D eigenvalue weighted by molar-refractivity contribution is 0.0694. The molecule has 6 nitrogen and oxygen atoms in total. The van der Waals surface area contributed by atoms with Gasteiger partial charge in [0, 0.05) is 5.56 Å². The normalized spacial score (nSPS) is 10.6. The fourth-order valence-electron chi connectivity index (χ4n) is 1.70. The van der Waals surface area contributed by atoms with Crippen molar-refractivity contribution in [3.63, 3.8) is 0 Å². The smallest absolute Gasteiger partial charge is 0.341 e. The minimum atomic E-state index is -1.28. The Morgan fingerprint density at radius 1 is 1.33 bits per heavy atom. The summed E-state index contributed by atoms with van der Waals surface area (Å²) in [5.41, 5.74) is 0.0383. The third-order valence-electron chi connectivity index (χ3n) is 2.77. The van der Waals surface area contributed by atoms with Gasteiger partial charge in [0.2, 0.25) is 0 Å². The van der Waals surface area contributed by atoms with Crippen LogP contribution in [-0.2, 0) is 0 Å². The number of H-pyrrole nitrogens is 1. The predicted molar refractivity (Wildman–Crippen MR) is 77.6 cm³/mol. The zero-order chi connectivity index (χ0) is 15.4. The highest BCUT2D eigenvalue weighted by molar-refractivity contribution is 5.88. The van der Waals surface area contributed by atoms with Crippen LogP contribution in [0, 0.1) is 5.92 Å². The van der Waals surface area contributed by atoms with E-state index in [9.17, 15) is 9.59 Å². The highest BCUT2D eigenvalue weighted by Gasteiger charge is 2.11. The fourth-order valence-corrected chi connectivity index (χ4v) is 1.70. The summed E-state index contributed by atoms with van der Waals surface area (Å²) in [7, 11) is 0. The molecule has 0 spiro atoms. The van der Waals surface area contributed by atoms with E-state index in [2.05, 4.69) is 24.0 Å². The number of aromatic nitrogens is 2. The van der Waals surface area contributed by atoms with Crippen LogP contribution in [0.2, 0.25) is 0 Å². The fraction of sp³-hybridized carbons (Fsp3) is 0.267. The third kappa shape index (κ3) is 3.68. The monoisotopic (exact) mass is 288 g/mol. The summed E-state index contributed by atoms with van der Waals surface area (Å²) in [6.07, 6.45) is 0. The molecule has 0 saturated heterocycles. The Kier molecular flexibility index (Phi) is 4.37. The van der Waals surface area contributed by atoms with E-state index in [1.54, 1.807) is 24.3 Å². The molecule has 2 aromatic rings. The van der Waals surface area contributed by atoms with Crippen molar-refractivity contribution in [1.82, 2.24) is 10.2 Å². The van der Waals surface area contributed by atoms with Crippen molar-refractivity contribution < 1.29 is 14.6 Å². The number of carbonyl (C=O) groups is 1. The number of carboxylic acids is 1. The molecule has 0 fully saturated rings. The molecule has 0 atom stereocenters. The molecule has 0 aliphatic rings. The van der Waals surface area contributed by atoms with Crippen LogP contribution in [0.5, 0.6) is 5.75 Å². The Morgan fingerprint density at radius 3 is 2.57 bits per heavy atom. The number of hydrogen-bond donors (Lipinski definition) is 2. The van der Waals surface area contributed by atoms with Gasteiger partial charge < -0.3 is 9.84 Å². The van der Waals surface area contributed by atoms with Crippen LogP contribution < -0.4 is 10.3 Å². The molecule has 0 amide bonds. The van der Waals surface area contributed by atoms with E-state index in [1.165, 1.54) is 6.07 Å². The van der Waals surface area contributed by atoms with E-state index in [0.29, 0.717) is 23.8 Å². The van der Waals surface area contributed by atoms with E-state index in [4.69, 9.17) is 9.84 Å². The molecule has 1 heterocycles. The molecule has 0 saturated carbocycles. The lowest BCUT2D eigenvalue weighted by Crippen LogP contribution is -2.18. The minimum absolute atomic E-state index is 0.333. The summed E-state index contributed by atoms with van der Waals surface area (Å²) in [6.45, 7) is 4.75. The number of aromatic carboxylic acids is 1. The quantitative estimate of drug-likeness (QED) is 0.879. The lowest BCUT2D eigenvalue weighted by Gasteiger charge is -2.09. The molecule has 0 radical (unpaired) electrons. The van der Waals surface area contributed by atoms with Crippen molar-refractivity contribution in [2.45, 2.75) is 13.8 Å². The number of nitrogens with one attached hydrogen (secondary N) is 1. The standard InChI is InChI=1S/C15H16N2O4/c1-9(2)8-21-11-5-3-10(4-6-11)13-7-12(15(19)20)14(18)17-16-13/h3-7,9H,8H2,1-2H3,(H,17,18)(H,19,20). The van der Waals surface area contributed by atoms with Gasteiger partial charge in [0.05, 0.1) is 12.3 Å². The van der Waals surface area contributed by atoms with Gasteiger partial charge in [-0.1, -0.05) is 13.8 Å². The number of benzene rings is 1. The van der Waals surface area contributed by atoms with Crippen LogP contribution in [-0.4, -0.2) is 27.9 Å².